The van der Waals surface area contributed by atoms with Crippen LogP contribution in [0.4, 0.5) is 5.69 Å². The summed E-state index contributed by atoms with van der Waals surface area (Å²) in [6, 6.07) is 7.47. The summed E-state index contributed by atoms with van der Waals surface area (Å²) in [5, 5.41) is 0. The van der Waals surface area contributed by atoms with E-state index < -0.39 is 19.9 Å². The molecule has 1 saturated heterocycles. The first kappa shape index (κ1) is 27.9. The second kappa shape index (κ2) is 13.5. The van der Waals surface area contributed by atoms with Gasteiger partial charge >= 0.3 is 0 Å². The molecule has 1 aliphatic rings. The number of sulfone groups is 1. The van der Waals surface area contributed by atoms with Gasteiger partial charge in [-0.3, -0.25) is 0 Å². The molecule has 0 N–H and O–H groups in total. The van der Waals surface area contributed by atoms with Crippen LogP contribution < -0.4 is 9.64 Å². The van der Waals surface area contributed by atoms with Crippen molar-refractivity contribution in [3.05, 3.63) is 24.3 Å². The SMILES string of the molecule is CCCCC(CC)COc1ccc(N(CCS(C)(=O)=O)CCS(=O)(=O)N2CCOCC2)cc1. The highest BCUT2D eigenvalue weighted by atomic mass is 32.2. The molecule has 1 fully saturated rings. The van der Waals surface area contributed by atoms with Gasteiger partial charge in [-0.25, -0.2) is 16.8 Å². The minimum absolute atomic E-state index is 0.0432. The van der Waals surface area contributed by atoms with Crippen LogP contribution in [-0.4, -0.2) is 84.9 Å². The van der Waals surface area contributed by atoms with Gasteiger partial charge in [-0.05, 0) is 36.6 Å². The first-order chi connectivity index (χ1) is 15.6. The molecule has 10 heteroatoms. The molecule has 8 nitrogen and oxygen atoms in total. The number of morpholine rings is 1. The van der Waals surface area contributed by atoms with Crippen molar-refractivity contribution in [1.29, 1.82) is 0 Å². The van der Waals surface area contributed by atoms with Gasteiger partial charge in [0.25, 0.3) is 0 Å². The second-order valence-electron chi connectivity index (χ2n) is 8.67. The Balaban J connectivity index is 2.03. The van der Waals surface area contributed by atoms with Crippen LogP contribution in [0.3, 0.4) is 0 Å². The minimum Gasteiger partial charge on any atom is -0.493 e. The van der Waals surface area contributed by atoms with E-state index >= 15 is 0 Å². The molecule has 0 spiro atoms. The predicted molar refractivity (Wildman–Crippen MR) is 133 cm³/mol. The molecule has 1 unspecified atom stereocenters. The second-order valence-corrected chi connectivity index (χ2v) is 13.0. The van der Waals surface area contributed by atoms with Crippen molar-refractivity contribution in [2.24, 2.45) is 5.92 Å². The highest BCUT2D eigenvalue weighted by molar-refractivity contribution is 7.90. The Morgan fingerprint density at radius 3 is 2.24 bits per heavy atom. The maximum atomic E-state index is 12.7. The lowest BCUT2D eigenvalue weighted by Crippen LogP contribution is -2.44. The first-order valence-electron chi connectivity index (χ1n) is 11.9. The summed E-state index contributed by atoms with van der Waals surface area (Å²) in [5.74, 6) is 1.17. The van der Waals surface area contributed by atoms with E-state index in [1.54, 1.807) is 0 Å². The summed E-state index contributed by atoms with van der Waals surface area (Å²) in [6.45, 7) is 6.99. The smallest absolute Gasteiger partial charge is 0.216 e. The number of anilines is 1. The van der Waals surface area contributed by atoms with Crippen LogP contribution in [0.5, 0.6) is 5.75 Å². The number of hydrogen-bond acceptors (Lipinski definition) is 7. The Hall–Kier alpha value is -1.36. The molecule has 0 saturated carbocycles. The summed E-state index contributed by atoms with van der Waals surface area (Å²) < 4.78 is 61.6. The Kier molecular flexibility index (Phi) is 11.4. The van der Waals surface area contributed by atoms with Crippen molar-refractivity contribution in [3.8, 4) is 5.75 Å². The highest BCUT2D eigenvalue weighted by Crippen LogP contribution is 2.22. The van der Waals surface area contributed by atoms with Crippen molar-refractivity contribution < 1.29 is 26.3 Å². The Morgan fingerprint density at radius 1 is 1.03 bits per heavy atom. The summed E-state index contributed by atoms with van der Waals surface area (Å²) in [6.07, 6.45) is 5.80. The molecule has 0 aliphatic carbocycles. The van der Waals surface area contributed by atoms with Gasteiger partial charge in [-0.2, -0.15) is 4.31 Å². The molecule has 0 amide bonds. The fraction of sp³-hybridized carbons (Fsp3) is 0.739. The first-order valence-corrected chi connectivity index (χ1v) is 15.5. The number of rotatable bonds is 15. The Bertz CT molecular complexity index is 897. The van der Waals surface area contributed by atoms with Crippen LogP contribution in [0, 0.1) is 5.92 Å². The average molecular weight is 505 g/mol. The van der Waals surface area contributed by atoms with Crippen LogP contribution in [-0.2, 0) is 24.6 Å². The zero-order valence-corrected chi connectivity index (χ0v) is 21.9. The predicted octanol–water partition coefficient (Wildman–Crippen LogP) is 2.79. The molecule has 1 aromatic carbocycles. The maximum Gasteiger partial charge on any atom is 0.216 e. The topological polar surface area (TPSA) is 93.2 Å². The minimum atomic E-state index is -3.44. The van der Waals surface area contributed by atoms with Gasteiger partial charge in [0.1, 0.15) is 15.6 Å². The molecule has 1 heterocycles. The molecule has 1 aliphatic heterocycles. The maximum absolute atomic E-state index is 12.7. The number of sulfonamides is 1. The van der Waals surface area contributed by atoms with Crippen LogP contribution in [0.2, 0.25) is 0 Å². The van der Waals surface area contributed by atoms with E-state index in [1.165, 1.54) is 23.4 Å². The quantitative estimate of drug-likeness (QED) is 0.363. The van der Waals surface area contributed by atoms with E-state index in [2.05, 4.69) is 13.8 Å². The van der Waals surface area contributed by atoms with Gasteiger partial charge in [0, 0.05) is 38.1 Å². The molecule has 190 valence electrons. The third-order valence-corrected chi connectivity index (χ3v) is 8.72. The number of benzene rings is 1. The standard InChI is InChI=1S/C23H40N2O6S2/c1-4-6-7-21(5-2)20-31-23-10-8-22(9-11-23)24(14-18-32(3,26)27)15-19-33(28,29)25-12-16-30-17-13-25/h8-11,21H,4-7,12-20H2,1-3H3. The van der Waals surface area contributed by atoms with Gasteiger partial charge in [-0.1, -0.05) is 33.1 Å². The summed E-state index contributed by atoms with van der Waals surface area (Å²) >= 11 is 0. The molecular weight excluding hydrogens is 464 g/mol. The number of hydrogen-bond donors (Lipinski definition) is 0. The summed E-state index contributed by atoms with van der Waals surface area (Å²) in [5.41, 5.74) is 0.779. The summed E-state index contributed by atoms with van der Waals surface area (Å²) in [4.78, 5) is 1.82. The number of nitrogens with zero attached hydrogens (tertiary/aromatic N) is 2. The normalized spacial score (nSPS) is 16.5. The molecule has 0 aromatic heterocycles. The molecule has 33 heavy (non-hydrogen) atoms. The third kappa shape index (κ3) is 10.2. The van der Waals surface area contributed by atoms with Gasteiger partial charge < -0.3 is 14.4 Å². The lowest BCUT2D eigenvalue weighted by atomic mass is 10.0. The fourth-order valence-electron chi connectivity index (χ4n) is 3.69. The lowest BCUT2D eigenvalue weighted by molar-refractivity contribution is 0.0731. The van der Waals surface area contributed by atoms with E-state index in [1.807, 2.05) is 29.2 Å². The van der Waals surface area contributed by atoms with Gasteiger partial charge in [0.2, 0.25) is 10.0 Å². The van der Waals surface area contributed by atoms with E-state index in [4.69, 9.17) is 9.47 Å². The van der Waals surface area contributed by atoms with Gasteiger partial charge in [-0.15, -0.1) is 0 Å². The summed E-state index contributed by atoms with van der Waals surface area (Å²) in [7, 11) is -6.62. The van der Waals surface area contributed by atoms with E-state index in [0.717, 1.165) is 24.3 Å². The van der Waals surface area contributed by atoms with Crippen molar-refractivity contribution in [3.63, 3.8) is 0 Å². The highest BCUT2D eigenvalue weighted by Gasteiger charge is 2.25. The lowest BCUT2D eigenvalue weighted by Gasteiger charge is -2.29. The van der Waals surface area contributed by atoms with Crippen molar-refractivity contribution >= 4 is 25.5 Å². The van der Waals surface area contributed by atoms with Gasteiger partial charge in [0.15, 0.2) is 0 Å². The number of ether oxygens (including phenoxy) is 2. The molecule has 1 atom stereocenters. The van der Waals surface area contributed by atoms with Crippen LogP contribution in [0.1, 0.15) is 39.5 Å². The molecule has 0 bridgehead atoms. The van der Waals surface area contributed by atoms with E-state index in [0.29, 0.717) is 38.8 Å². The van der Waals surface area contributed by atoms with Crippen LogP contribution in [0.25, 0.3) is 0 Å². The van der Waals surface area contributed by atoms with Crippen LogP contribution in [0.15, 0.2) is 24.3 Å². The molecular formula is C23H40N2O6S2. The van der Waals surface area contributed by atoms with Crippen molar-refractivity contribution in [1.82, 2.24) is 4.31 Å². The van der Waals surface area contributed by atoms with Crippen LogP contribution >= 0.6 is 0 Å². The zero-order valence-electron chi connectivity index (χ0n) is 20.2. The van der Waals surface area contributed by atoms with Crippen molar-refractivity contribution in [2.45, 2.75) is 39.5 Å². The van der Waals surface area contributed by atoms with Crippen molar-refractivity contribution in [2.75, 3.05) is 68.7 Å². The third-order valence-electron chi connectivity index (χ3n) is 5.95. The van der Waals surface area contributed by atoms with E-state index in [-0.39, 0.29) is 24.6 Å². The van der Waals surface area contributed by atoms with E-state index in [9.17, 15) is 16.8 Å². The largest absolute Gasteiger partial charge is 0.493 e. The Morgan fingerprint density at radius 2 is 1.67 bits per heavy atom. The molecule has 1 aromatic rings. The monoisotopic (exact) mass is 504 g/mol. The van der Waals surface area contributed by atoms with Gasteiger partial charge in [0.05, 0.1) is 31.3 Å². The zero-order chi connectivity index (χ0) is 24.3. The molecule has 0 radical (unpaired) electrons. The average Bonchev–Trinajstić information content (AvgIpc) is 2.79. The number of unbranched alkanes of at least 4 members (excludes halogenated alkanes) is 1. The molecule has 2 rings (SSSR count). The Labute approximate surface area is 200 Å². The fourth-order valence-corrected chi connectivity index (χ4v) is 5.66.